The van der Waals surface area contributed by atoms with E-state index in [1.165, 1.54) is 25.7 Å². The maximum atomic E-state index is 5.09. The summed E-state index contributed by atoms with van der Waals surface area (Å²) in [5, 5.41) is 3.62. The fourth-order valence-electron chi connectivity index (χ4n) is 2.71. The molecule has 1 fully saturated rings. The SMILES string of the molecule is COCCCn1ccnc1NC1CCCCC1C. The van der Waals surface area contributed by atoms with Gasteiger partial charge in [-0.3, -0.25) is 0 Å². The Balaban J connectivity index is 1.90. The fraction of sp³-hybridized carbons (Fsp3) is 0.786. The summed E-state index contributed by atoms with van der Waals surface area (Å²) in [5.41, 5.74) is 0. The third-order valence-electron chi connectivity index (χ3n) is 3.89. The molecular weight excluding hydrogens is 226 g/mol. The highest BCUT2D eigenvalue weighted by molar-refractivity contribution is 5.28. The van der Waals surface area contributed by atoms with E-state index in [2.05, 4.69) is 21.8 Å². The highest BCUT2D eigenvalue weighted by atomic mass is 16.5. The van der Waals surface area contributed by atoms with Gasteiger partial charge in [-0.1, -0.05) is 19.8 Å². The molecule has 0 amide bonds. The summed E-state index contributed by atoms with van der Waals surface area (Å²) in [4.78, 5) is 4.43. The van der Waals surface area contributed by atoms with Crippen LogP contribution in [0.25, 0.3) is 0 Å². The van der Waals surface area contributed by atoms with E-state index in [1.807, 2.05) is 12.4 Å². The molecule has 2 unspecified atom stereocenters. The van der Waals surface area contributed by atoms with Crippen molar-refractivity contribution < 1.29 is 4.74 Å². The third kappa shape index (κ3) is 3.48. The zero-order valence-electron chi connectivity index (χ0n) is 11.6. The molecule has 0 saturated heterocycles. The van der Waals surface area contributed by atoms with Gasteiger partial charge < -0.3 is 14.6 Å². The zero-order valence-corrected chi connectivity index (χ0v) is 11.6. The van der Waals surface area contributed by atoms with Gasteiger partial charge in [-0.15, -0.1) is 0 Å². The third-order valence-corrected chi connectivity index (χ3v) is 3.89. The number of aromatic nitrogens is 2. The van der Waals surface area contributed by atoms with Crippen LogP contribution in [0.2, 0.25) is 0 Å². The number of hydrogen-bond acceptors (Lipinski definition) is 3. The number of rotatable bonds is 6. The number of imidazole rings is 1. The van der Waals surface area contributed by atoms with Crippen LogP contribution in [-0.4, -0.2) is 29.3 Å². The lowest BCUT2D eigenvalue weighted by Crippen LogP contribution is -2.31. The topological polar surface area (TPSA) is 39.1 Å². The van der Waals surface area contributed by atoms with Gasteiger partial charge in [-0.2, -0.15) is 0 Å². The summed E-state index contributed by atoms with van der Waals surface area (Å²) in [5.74, 6) is 1.77. The molecule has 0 radical (unpaired) electrons. The van der Waals surface area contributed by atoms with Crippen LogP contribution in [-0.2, 0) is 11.3 Å². The first-order valence-corrected chi connectivity index (χ1v) is 7.08. The molecule has 1 N–H and O–H groups in total. The maximum Gasteiger partial charge on any atom is 0.202 e. The summed E-state index contributed by atoms with van der Waals surface area (Å²) in [6, 6.07) is 0.585. The van der Waals surface area contributed by atoms with Crippen LogP contribution in [0, 0.1) is 5.92 Å². The Bertz CT molecular complexity index is 351. The second kappa shape index (κ2) is 6.78. The largest absolute Gasteiger partial charge is 0.385 e. The maximum absolute atomic E-state index is 5.09. The molecule has 1 saturated carbocycles. The molecule has 102 valence electrons. The fourth-order valence-corrected chi connectivity index (χ4v) is 2.71. The Kier molecular flexibility index (Phi) is 5.05. The summed E-state index contributed by atoms with van der Waals surface area (Å²) in [6.45, 7) is 4.11. The van der Waals surface area contributed by atoms with Crippen LogP contribution in [0.5, 0.6) is 0 Å². The molecule has 1 aromatic heterocycles. The molecule has 0 aromatic carbocycles. The molecular formula is C14H25N3O. The van der Waals surface area contributed by atoms with Crippen LogP contribution in [0.15, 0.2) is 12.4 Å². The van der Waals surface area contributed by atoms with E-state index in [0.717, 1.165) is 31.4 Å². The summed E-state index contributed by atoms with van der Waals surface area (Å²) in [6.07, 6.45) is 10.3. The predicted molar refractivity (Wildman–Crippen MR) is 73.8 cm³/mol. The van der Waals surface area contributed by atoms with Gasteiger partial charge in [0.1, 0.15) is 0 Å². The molecule has 1 aliphatic rings. The molecule has 1 heterocycles. The Labute approximate surface area is 110 Å². The molecule has 0 spiro atoms. The lowest BCUT2D eigenvalue weighted by molar-refractivity contribution is 0.190. The standard InChI is InChI=1S/C14H25N3O/c1-12-6-3-4-7-13(12)16-14-15-8-10-17(14)9-5-11-18-2/h8,10,12-13H,3-7,9,11H2,1-2H3,(H,15,16). The number of ether oxygens (including phenoxy) is 1. The predicted octanol–water partition coefficient (Wildman–Crippen LogP) is 2.91. The van der Waals surface area contributed by atoms with E-state index in [1.54, 1.807) is 7.11 Å². The van der Waals surface area contributed by atoms with Crippen molar-refractivity contribution in [3.63, 3.8) is 0 Å². The average molecular weight is 251 g/mol. The van der Waals surface area contributed by atoms with Crippen molar-refractivity contribution in [2.45, 2.75) is 51.6 Å². The van der Waals surface area contributed by atoms with Crippen molar-refractivity contribution in [3.05, 3.63) is 12.4 Å². The molecule has 4 heteroatoms. The molecule has 1 aliphatic carbocycles. The number of anilines is 1. The molecule has 0 bridgehead atoms. The molecule has 2 atom stereocenters. The lowest BCUT2D eigenvalue weighted by Gasteiger charge is -2.30. The minimum absolute atomic E-state index is 0.585. The van der Waals surface area contributed by atoms with Crippen LogP contribution in [0.4, 0.5) is 5.95 Å². The van der Waals surface area contributed by atoms with Crippen molar-refractivity contribution in [2.75, 3.05) is 19.0 Å². The summed E-state index contributed by atoms with van der Waals surface area (Å²) < 4.78 is 7.29. The number of nitrogens with zero attached hydrogens (tertiary/aromatic N) is 2. The molecule has 18 heavy (non-hydrogen) atoms. The number of nitrogens with one attached hydrogen (secondary N) is 1. The molecule has 2 rings (SSSR count). The monoisotopic (exact) mass is 251 g/mol. The van der Waals surface area contributed by atoms with E-state index < -0.39 is 0 Å². The van der Waals surface area contributed by atoms with Crippen LogP contribution >= 0.6 is 0 Å². The van der Waals surface area contributed by atoms with Crippen molar-refractivity contribution >= 4 is 5.95 Å². The molecule has 0 aliphatic heterocycles. The highest BCUT2D eigenvalue weighted by Crippen LogP contribution is 2.26. The van der Waals surface area contributed by atoms with Crippen LogP contribution < -0.4 is 5.32 Å². The Morgan fingerprint density at radius 1 is 1.44 bits per heavy atom. The van der Waals surface area contributed by atoms with Crippen molar-refractivity contribution in [1.82, 2.24) is 9.55 Å². The second-order valence-corrected chi connectivity index (χ2v) is 5.30. The van der Waals surface area contributed by atoms with Gasteiger partial charge in [0.2, 0.25) is 5.95 Å². The lowest BCUT2D eigenvalue weighted by atomic mass is 9.86. The van der Waals surface area contributed by atoms with E-state index in [0.29, 0.717) is 6.04 Å². The van der Waals surface area contributed by atoms with Gasteiger partial charge in [0.25, 0.3) is 0 Å². The first kappa shape index (κ1) is 13.4. The number of methoxy groups -OCH3 is 1. The minimum Gasteiger partial charge on any atom is -0.385 e. The average Bonchev–Trinajstić information content (AvgIpc) is 2.80. The van der Waals surface area contributed by atoms with E-state index >= 15 is 0 Å². The number of hydrogen-bond donors (Lipinski definition) is 1. The van der Waals surface area contributed by atoms with Gasteiger partial charge in [0.15, 0.2) is 0 Å². The van der Waals surface area contributed by atoms with Gasteiger partial charge in [0.05, 0.1) is 0 Å². The second-order valence-electron chi connectivity index (χ2n) is 5.30. The molecule has 1 aromatic rings. The highest BCUT2D eigenvalue weighted by Gasteiger charge is 2.22. The Morgan fingerprint density at radius 3 is 3.06 bits per heavy atom. The van der Waals surface area contributed by atoms with Gasteiger partial charge in [-0.25, -0.2) is 4.98 Å². The van der Waals surface area contributed by atoms with E-state index in [-0.39, 0.29) is 0 Å². The summed E-state index contributed by atoms with van der Waals surface area (Å²) >= 11 is 0. The van der Waals surface area contributed by atoms with Crippen LogP contribution in [0.1, 0.15) is 39.0 Å². The van der Waals surface area contributed by atoms with Gasteiger partial charge in [-0.05, 0) is 25.2 Å². The van der Waals surface area contributed by atoms with Crippen LogP contribution in [0.3, 0.4) is 0 Å². The summed E-state index contributed by atoms with van der Waals surface area (Å²) in [7, 11) is 1.75. The zero-order chi connectivity index (χ0) is 12.8. The smallest absolute Gasteiger partial charge is 0.202 e. The normalized spacial score (nSPS) is 24.1. The van der Waals surface area contributed by atoms with Crippen molar-refractivity contribution in [3.8, 4) is 0 Å². The quantitative estimate of drug-likeness (QED) is 0.790. The van der Waals surface area contributed by atoms with Crippen molar-refractivity contribution in [2.24, 2.45) is 5.92 Å². The first-order chi connectivity index (χ1) is 8.81. The van der Waals surface area contributed by atoms with E-state index in [4.69, 9.17) is 4.74 Å². The molecule has 4 nitrogen and oxygen atoms in total. The van der Waals surface area contributed by atoms with Crippen molar-refractivity contribution in [1.29, 1.82) is 0 Å². The first-order valence-electron chi connectivity index (χ1n) is 7.08. The van der Waals surface area contributed by atoms with Gasteiger partial charge in [0, 0.05) is 38.7 Å². The number of aryl methyl sites for hydroxylation is 1. The van der Waals surface area contributed by atoms with Gasteiger partial charge >= 0.3 is 0 Å². The van der Waals surface area contributed by atoms with E-state index in [9.17, 15) is 0 Å². The minimum atomic E-state index is 0.585. The Hall–Kier alpha value is -1.03. The Morgan fingerprint density at radius 2 is 2.28 bits per heavy atom.